The summed E-state index contributed by atoms with van der Waals surface area (Å²) in [5, 5.41) is 3.71. The topological polar surface area (TPSA) is 25.2 Å². The molecule has 92 valence electrons. The predicted molar refractivity (Wildman–Crippen MR) is 70.5 cm³/mol. The number of halogens is 2. The third-order valence-electron chi connectivity index (χ3n) is 2.89. The van der Waals surface area contributed by atoms with Crippen LogP contribution in [0.25, 0.3) is 11.0 Å². The van der Waals surface area contributed by atoms with Crippen LogP contribution in [-0.2, 0) is 0 Å². The van der Waals surface area contributed by atoms with Crippen LogP contribution in [0.1, 0.15) is 25.6 Å². The van der Waals surface area contributed by atoms with Gasteiger partial charge in [-0.2, -0.15) is 0 Å². The molecule has 0 amide bonds. The molecule has 1 unspecified atom stereocenters. The molecule has 2 nitrogen and oxygen atoms in total. The fourth-order valence-electron chi connectivity index (χ4n) is 2.03. The van der Waals surface area contributed by atoms with Crippen molar-refractivity contribution in [2.24, 2.45) is 5.92 Å². The van der Waals surface area contributed by atoms with Crippen LogP contribution in [0, 0.1) is 11.7 Å². The lowest BCUT2D eigenvalue weighted by Gasteiger charge is -2.17. The molecule has 0 aliphatic heterocycles. The third kappa shape index (κ3) is 2.24. The number of hydrogen-bond donors (Lipinski definition) is 1. The molecule has 1 N–H and O–H groups in total. The van der Waals surface area contributed by atoms with Crippen molar-refractivity contribution < 1.29 is 8.81 Å². The molecule has 0 bridgehead atoms. The number of hydrogen-bond acceptors (Lipinski definition) is 2. The molecule has 0 saturated heterocycles. The van der Waals surface area contributed by atoms with Crippen molar-refractivity contribution in [3.63, 3.8) is 0 Å². The van der Waals surface area contributed by atoms with E-state index in [0.717, 1.165) is 10.2 Å². The van der Waals surface area contributed by atoms with Crippen LogP contribution in [0.15, 0.2) is 27.1 Å². The molecule has 0 radical (unpaired) electrons. The minimum atomic E-state index is -0.253. The first-order valence-corrected chi connectivity index (χ1v) is 6.38. The molecular weight excluding hydrogens is 285 g/mol. The molecule has 0 aliphatic rings. The Balaban J connectivity index is 2.58. The molecule has 0 saturated carbocycles. The zero-order valence-electron chi connectivity index (χ0n) is 10.1. The number of nitrogens with one attached hydrogen (secondary N) is 1. The second-order valence-corrected chi connectivity index (χ2v) is 5.29. The Bertz CT molecular complexity index is 496. The molecule has 0 fully saturated rings. The molecule has 0 spiro atoms. The number of furan rings is 1. The average Bonchev–Trinajstić information content (AvgIpc) is 2.70. The van der Waals surface area contributed by atoms with E-state index in [1.807, 2.05) is 7.05 Å². The van der Waals surface area contributed by atoms with Crippen molar-refractivity contribution >= 4 is 26.9 Å². The molecule has 1 atom stereocenters. The van der Waals surface area contributed by atoms with E-state index < -0.39 is 0 Å². The maximum atomic E-state index is 13.6. The standard InChI is InChI=1S/C13H15BrFNO/c1-7(2)12(16-3)11-6-8-10(15)5-4-9(14)13(8)17-11/h4-7,12,16H,1-3H3. The Kier molecular flexibility index (Phi) is 3.54. The van der Waals surface area contributed by atoms with E-state index in [-0.39, 0.29) is 11.9 Å². The average molecular weight is 300 g/mol. The summed E-state index contributed by atoms with van der Waals surface area (Å²) in [7, 11) is 1.88. The highest BCUT2D eigenvalue weighted by molar-refractivity contribution is 9.10. The molecule has 1 heterocycles. The molecular formula is C13H15BrFNO. The van der Waals surface area contributed by atoms with Gasteiger partial charge in [0.15, 0.2) is 5.58 Å². The second kappa shape index (κ2) is 4.78. The van der Waals surface area contributed by atoms with Crippen LogP contribution in [-0.4, -0.2) is 7.05 Å². The zero-order chi connectivity index (χ0) is 12.6. The van der Waals surface area contributed by atoms with E-state index in [1.165, 1.54) is 6.07 Å². The van der Waals surface area contributed by atoms with Crippen LogP contribution in [0.2, 0.25) is 0 Å². The Hall–Kier alpha value is -0.870. The van der Waals surface area contributed by atoms with E-state index in [9.17, 15) is 4.39 Å². The van der Waals surface area contributed by atoms with E-state index in [0.29, 0.717) is 16.9 Å². The molecule has 17 heavy (non-hydrogen) atoms. The monoisotopic (exact) mass is 299 g/mol. The Labute approximate surface area is 108 Å². The van der Waals surface area contributed by atoms with E-state index in [4.69, 9.17) is 4.42 Å². The van der Waals surface area contributed by atoms with Gasteiger partial charge in [0.05, 0.1) is 15.9 Å². The summed E-state index contributed by atoms with van der Waals surface area (Å²) in [6.07, 6.45) is 0. The fourth-order valence-corrected chi connectivity index (χ4v) is 2.46. The van der Waals surface area contributed by atoms with Crippen molar-refractivity contribution in [2.45, 2.75) is 19.9 Å². The molecule has 1 aromatic carbocycles. The van der Waals surface area contributed by atoms with Crippen molar-refractivity contribution in [1.82, 2.24) is 5.32 Å². The van der Waals surface area contributed by atoms with E-state index >= 15 is 0 Å². The van der Waals surface area contributed by atoms with Crippen LogP contribution >= 0.6 is 15.9 Å². The highest BCUT2D eigenvalue weighted by Crippen LogP contribution is 2.33. The van der Waals surface area contributed by atoms with E-state index in [2.05, 4.69) is 35.1 Å². The van der Waals surface area contributed by atoms with Crippen molar-refractivity contribution in [2.75, 3.05) is 7.05 Å². The second-order valence-electron chi connectivity index (χ2n) is 4.43. The maximum absolute atomic E-state index is 13.6. The van der Waals surface area contributed by atoms with Gasteiger partial charge in [-0.25, -0.2) is 4.39 Å². The lowest BCUT2D eigenvalue weighted by Crippen LogP contribution is -2.20. The minimum Gasteiger partial charge on any atom is -0.458 e. The van der Waals surface area contributed by atoms with Crippen molar-refractivity contribution in [3.05, 3.63) is 34.2 Å². The van der Waals surface area contributed by atoms with Crippen LogP contribution in [0.4, 0.5) is 4.39 Å². The molecule has 1 aromatic heterocycles. The number of benzene rings is 1. The van der Waals surface area contributed by atoms with Gasteiger partial charge in [0.2, 0.25) is 0 Å². The first-order valence-electron chi connectivity index (χ1n) is 5.59. The summed E-state index contributed by atoms with van der Waals surface area (Å²) < 4.78 is 20.2. The fraction of sp³-hybridized carbons (Fsp3) is 0.385. The van der Waals surface area contributed by atoms with Gasteiger partial charge >= 0.3 is 0 Å². The summed E-state index contributed by atoms with van der Waals surface area (Å²) >= 11 is 3.37. The zero-order valence-corrected chi connectivity index (χ0v) is 11.6. The Morgan fingerprint density at radius 2 is 2.06 bits per heavy atom. The highest BCUT2D eigenvalue weighted by Gasteiger charge is 2.20. The minimum absolute atomic E-state index is 0.0914. The summed E-state index contributed by atoms with van der Waals surface area (Å²) in [6, 6.07) is 4.97. The summed E-state index contributed by atoms with van der Waals surface area (Å²) in [5.74, 6) is 0.891. The molecule has 0 aliphatic carbocycles. The van der Waals surface area contributed by atoms with Gasteiger partial charge in [-0.1, -0.05) is 13.8 Å². The van der Waals surface area contributed by atoms with Gasteiger partial charge in [-0.3, -0.25) is 0 Å². The predicted octanol–water partition coefficient (Wildman–Crippen LogP) is 4.25. The van der Waals surface area contributed by atoms with Gasteiger partial charge in [0.1, 0.15) is 11.6 Å². The number of fused-ring (bicyclic) bond motifs is 1. The van der Waals surface area contributed by atoms with Crippen molar-refractivity contribution in [3.8, 4) is 0 Å². The van der Waals surface area contributed by atoms with Gasteiger partial charge in [-0.15, -0.1) is 0 Å². The quantitative estimate of drug-likeness (QED) is 0.916. The summed E-state index contributed by atoms with van der Waals surface area (Å²) in [4.78, 5) is 0. The largest absolute Gasteiger partial charge is 0.458 e. The number of rotatable bonds is 3. The van der Waals surface area contributed by atoms with E-state index in [1.54, 1.807) is 12.1 Å². The first kappa shape index (κ1) is 12.6. The van der Waals surface area contributed by atoms with Gasteiger partial charge < -0.3 is 9.73 Å². The van der Waals surface area contributed by atoms with Crippen molar-refractivity contribution in [1.29, 1.82) is 0 Å². The summed E-state index contributed by atoms with van der Waals surface area (Å²) in [5.41, 5.74) is 0.570. The van der Waals surface area contributed by atoms with Gasteiger partial charge in [-0.05, 0) is 47.1 Å². The van der Waals surface area contributed by atoms with Crippen LogP contribution in [0.3, 0.4) is 0 Å². The first-order chi connectivity index (χ1) is 8.04. The highest BCUT2D eigenvalue weighted by atomic mass is 79.9. The van der Waals surface area contributed by atoms with Crippen LogP contribution in [0.5, 0.6) is 0 Å². The Morgan fingerprint density at radius 1 is 1.35 bits per heavy atom. The molecule has 2 rings (SSSR count). The lowest BCUT2D eigenvalue weighted by atomic mass is 10.0. The normalized spacial score (nSPS) is 13.5. The third-order valence-corrected chi connectivity index (χ3v) is 3.51. The van der Waals surface area contributed by atoms with Crippen LogP contribution < -0.4 is 5.32 Å². The lowest BCUT2D eigenvalue weighted by molar-refractivity contribution is 0.370. The molecule has 2 aromatic rings. The molecule has 4 heteroatoms. The maximum Gasteiger partial charge on any atom is 0.151 e. The van der Waals surface area contributed by atoms with Gasteiger partial charge in [0, 0.05) is 0 Å². The SMILES string of the molecule is CNC(c1cc2c(F)ccc(Br)c2o1)C(C)C. The van der Waals surface area contributed by atoms with Gasteiger partial charge in [0.25, 0.3) is 0 Å². The summed E-state index contributed by atoms with van der Waals surface area (Å²) in [6.45, 7) is 4.19. The Morgan fingerprint density at radius 3 is 2.59 bits per heavy atom. The smallest absolute Gasteiger partial charge is 0.151 e.